The molecule has 4 heterocycles. The zero-order valence-corrected chi connectivity index (χ0v) is 67.9. The lowest BCUT2D eigenvalue weighted by molar-refractivity contribution is 0.0459. The number of fused-ring (bicyclic) bond motifs is 6. The Balaban J connectivity index is 0.746. The fourth-order valence-electron chi connectivity index (χ4n) is 17.7. The molecule has 18 aromatic rings. The van der Waals surface area contributed by atoms with Gasteiger partial charge in [-0.05, 0) is 170 Å². The number of methoxy groups -OCH3 is 6. The first-order chi connectivity index (χ1) is 60.8. The second-order valence-electron chi connectivity index (χ2n) is 29.9. The Hall–Kier alpha value is -16.1. The minimum absolute atomic E-state index is 0.0610. The van der Waals surface area contributed by atoms with Crippen LogP contribution in [0.5, 0.6) is 46.0 Å². The lowest BCUT2D eigenvalue weighted by Gasteiger charge is -2.22. The van der Waals surface area contributed by atoms with Gasteiger partial charge in [0.1, 0.15) is 49.4 Å². The minimum atomic E-state index is -0.774. The van der Waals surface area contributed by atoms with Crippen molar-refractivity contribution in [3.8, 4) is 79.4 Å². The van der Waals surface area contributed by atoms with Gasteiger partial charge in [0, 0.05) is 55.6 Å². The Kier molecular flexibility index (Phi) is 20.4. The van der Waals surface area contributed by atoms with Crippen LogP contribution in [0.25, 0.3) is 130 Å². The topological polar surface area (TPSA) is 213 Å². The molecule has 4 aliphatic rings. The summed E-state index contributed by atoms with van der Waals surface area (Å²) in [7, 11) is 9.14. The molecule has 0 amide bonds. The highest BCUT2D eigenvalue weighted by atomic mass is 16.6. The quantitative estimate of drug-likeness (QED) is 0.0860. The molecule has 0 aliphatic carbocycles. The van der Waals surface area contributed by atoms with E-state index in [4.69, 9.17) is 56.8 Å². The van der Waals surface area contributed by atoms with Crippen LogP contribution in [0.1, 0.15) is 84.4 Å². The summed E-state index contributed by atoms with van der Waals surface area (Å²) in [6.45, 7) is -1.10. The molecule has 124 heavy (non-hydrogen) atoms. The van der Waals surface area contributed by atoms with Gasteiger partial charge < -0.3 is 56.8 Å². The van der Waals surface area contributed by atoms with Crippen LogP contribution in [0.15, 0.2) is 291 Å². The minimum Gasteiger partial charge on any atom is -0.496 e. The van der Waals surface area contributed by atoms with Crippen molar-refractivity contribution in [2.75, 3.05) is 42.7 Å². The second-order valence-corrected chi connectivity index (χ2v) is 29.9. The van der Waals surface area contributed by atoms with E-state index >= 15 is 9.59 Å². The van der Waals surface area contributed by atoms with Gasteiger partial charge >= 0.3 is 35.8 Å². The van der Waals surface area contributed by atoms with Gasteiger partial charge in [0.05, 0.1) is 76.0 Å². The number of hydrogen-bond acceptors (Lipinski definition) is 18. The predicted molar refractivity (Wildman–Crippen MR) is 478 cm³/mol. The third-order valence-electron chi connectivity index (χ3n) is 23.2. The van der Waals surface area contributed by atoms with Gasteiger partial charge in [-0.2, -0.15) is 0 Å². The summed E-state index contributed by atoms with van der Waals surface area (Å²) in [5.41, 5.74) is 6.32. The molecule has 18 heteroatoms. The summed E-state index contributed by atoms with van der Waals surface area (Å²) in [6.07, 6.45) is 0. The Labute approximate surface area is 709 Å². The van der Waals surface area contributed by atoms with Crippen LogP contribution in [-0.4, -0.2) is 78.5 Å². The summed E-state index contributed by atoms with van der Waals surface area (Å²) in [4.78, 5) is 90.2. The summed E-state index contributed by atoms with van der Waals surface area (Å²) < 4.78 is 77.0. The molecule has 606 valence electrons. The highest BCUT2D eigenvalue weighted by Gasteiger charge is 2.33. The zero-order valence-electron chi connectivity index (χ0n) is 67.9. The molecule has 4 aliphatic heterocycles. The predicted octanol–water partition coefficient (Wildman–Crippen LogP) is 23.3. The van der Waals surface area contributed by atoms with Crippen LogP contribution in [0.2, 0.25) is 0 Å². The van der Waals surface area contributed by atoms with Gasteiger partial charge in [-0.15, -0.1) is 0 Å². The molecule has 0 spiro atoms. The molecule has 0 unspecified atom stereocenters. The average Bonchev–Trinajstić information content (AvgIpc) is 0.734. The van der Waals surface area contributed by atoms with Gasteiger partial charge in [0.15, 0.2) is 23.0 Å². The third kappa shape index (κ3) is 13.5. The van der Waals surface area contributed by atoms with Gasteiger partial charge in [-0.3, -0.25) is 0 Å². The van der Waals surface area contributed by atoms with Crippen LogP contribution < -0.4 is 37.9 Å². The maximum absolute atomic E-state index is 15.3. The zero-order chi connectivity index (χ0) is 85.0. The number of rotatable bonds is 6. The van der Waals surface area contributed by atoms with E-state index in [9.17, 15) is 19.2 Å². The van der Waals surface area contributed by atoms with Crippen molar-refractivity contribution in [3.63, 3.8) is 0 Å². The molecule has 0 fully saturated rings. The molecule has 0 N–H and O–H groups in total. The van der Waals surface area contributed by atoms with Crippen molar-refractivity contribution in [2.24, 2.45) is 0 Å². The first-order valence-corrected chi connectivity index (χ1v) is 40.0. The van der Waals surface area contributed by atoms with E-state index < -0.39 is 35.8 Å². The van der Waals surface area contributed by atoms with Gasteiger partial charge in [-0.25, -0.2) is 28.8 Å². The molecular formula is C106H74O18. The largest absolute Gasteiger partial charge is 0.496 e. The lowest BCUT2D eigenvalue weighted by atomic mass is 9.89. The summed E-state index contributed by atoms with van der Waals surface area (Å²) >= 11 is 0. The fraction of sp³-hybridized carbons (Fsp3) is 0.0943. The van der Waals surface area contributed by atoms with Gasteiger partial charge in [0.2, 0.25) is 0 Å². The van der Waals surface area contributed by atoms with Crippen LogP contribution in [-0.2, 0) is 45.4 Å². The number of carbonyl (C=O) groups is 6. The smallest absolute Gasteiger partial charge is 0.344 e. The van der Waals surface area contributed by atoms with Crippen molar-refractivity contribution in [1.82, 2.24) is 0 Å². The third-order valence-corrected chi connectivity index (χ3v) is 23.2. The molecule has 22 rings (SSSR count). The van der Waals surface area contributed by atoms with E-state index in [-0.39, 0.29) is 82.8 Å². The van der Waals surface area contributed by atoms with Crippen molar-refractivity contribution in [1.29, 1.82) is 0 Å². The summed E-state index contributed by atoms with van der Waals surface area (Å²) in [5, 5.41) is 11.4. The van der Waals surface area contributed by atoms with E-state index in [0.717, 1.165) is 43.1 Å². The average molecular weight is 1640 g/mol. The van der Waals surface area contributed by atoms with Crippen LogP contribution in [0.4, 0.5) is 0 Å². The summed E-state index contributed by atoms with van der Waals surface area (Å²) in [5.74, 6) is -2.37. The van der Waals surface area contributed by atoms with Crippen LogP contribution >= 0.6 is 0 Å². The summed E-state index contributed by atoms with van der Waals surface area (Å²) in [6, 6.07) is 87.5. The highest BCUT2D eigenvalue weighted by molar-refractivity contribution is 6.19. The maximum atomic E-state index is 15.3. The molecule has 0 aromatic heterocycles. The molecule has 0 saturated heterocycles. The molecule has 0 atom stereocenters. The van der Waals surface area contributed by atoms with Crippen molar-refractivity contribution >= 4 is 133 Å². The van der Waals surface area contributed by atoms with Crippen molar-refractivity contribution < 1.29 is 85.6 Å². The van der Waals surface area contributed by atoms with Crippen LogP contribution in [0.3, 0.4) is 0 Å². The first-order valence-electron chi connectivity index (χ1n) is 40.0. The molecule has 0 saturated carbocycles. The van der Waals surface area contributed by atoms with E-state index in [1.165, 1.54) is 40.6 Å². The number of carbonyl (C=O) groups excluding carboxylic acids is 6. The molecular weight excluding hydrogens is 1560 g/mol. The van der Waals surface area contributed by atoms with E-state index in [1.54, 1.807) is 123 Å². The lowest BCUT2D eigenvalue weighted by Crippen LogP contribution is -2.14. The van der Waals surface area contributed by atoms with Gasteiger partial charge in [0.25, 0.3) is 0 Å². The van der Waals surface area contributed by atoms with Crippen molar-refractivity contribution in [2.45, 2.75) is 26.4 Å². The SMILES string of the molecule is COc1c2cc3ccccc3c1-c1c(OC)c(cc3ccccc13)COC(=O)c1ccc(c3ccccc13)C(=O)OCc1cc3ccccc3c(c1OC)-c1c(OC)c(cc3ccccc13)OC(=O)c1ccc(c3ccccc13)C(=O)Oc1cc3ccccc3c(c1OC)-c1c(OC)c(cc3ccccc13)COC(=O)c1ccc(c3ccccc13)C(=O)OC2. The normalized spacial score (nSPS) is 13.1. The van der Waals surface area contributed by atoms with E-state index in [0.29, 0.717) is 132 Å². The highest BCUT2D eigenvalue weighted by Crippen LogP contribution is 2.55. The Morgan fingerprint density at radius 2 is 0.363 bits per heavy atom. The van der Waals surface area contributed by atoms with E-state index in [1.807, 2.05) is 170 Å². The molecule has 18 aromatic carbocycles. The maximum Gasteiger partial charge on any atom is 0.344 e. The Morgan fingerprint density at radius 1 is 0.194 bits per heavy atom. The van der Waals surface area contributed by atoms with Crippen molar-refractivity contribution in [3.05, 3.63) is 347 Å². The van der Waals surface area contributed by atoms with E-state index in [2.05, 4.69) is 0 Å². The number of esters is 6. The Morgan fingerprint density at radius 3 is 0.565 bits per heavy atom. The Bertz CT molecular complexity index is 7110. The molecule has 0 radical (unpaired) electrons. The molecule has 18 nitrogen and oxygen atoms in total. The molecule has 18 bridgehead atoms. The first kappa shape index (κ1) is 77.8. The number of ether oxygens (including phenoxy) is 12. The number of benzene rings is 18. The van der Waals surface area contributed by atoms with Crippen LogP contribution in [0, 0.1) is 0 Å². The van der Waals surface area contributed by atoms with Gasteiger partial charge in [-0.1, -0.05) is 218 Å². The standard InChI is InChI=1S/C106H74O18/c1-113-95-65-49-59-25-7-13-31-69(59)89(95)90-70-32-14-8-26-60(70)50-66(96(90)114-2)56-120-102(108)82-44-46-84(78-40-22-20-38-76(78)82)104(110)122-58-68-52-62-28-10-16-34-72(62)92(98(68)116-4)94-74-36-18-12-30-64(74)54-88(100(94)118-6)124-106(112)86-48-47-85(79-41-23-24-42-80(79)86)105(111)123-87-53-63-29-11-17-35-73(63)93(99(87)117-5)91-71-33-15-9-27-61(71)51-67(97(91)115-3)57-121-103(109)83-45-43-81(101(107)119-55-65)75-37-19-21-39-77(75)83/h7-54H,55-58H2,1-6H3. The number of hydrogen-bond donors (Lipinski definition) is 0. The fourth-order valence-corrected chi connectivity index (χ4v) is 17.7. The monoisotopic (exact) mass is 1630 g/mol. The second kappa shape index (κ2) is 32.6.